The van der Waals surface area contributed by atoms with Crippen LogP contribution >= 0.6 is 0 Å². The summed E-state index contributed by atoms with van der Waals surface area (Å²) in [6.45, 7) is 2.48. The molecule has 132 valence electrons. The van der Waals surface area contributed by atoms with Crippen LogP contribution in [-0.4, -0.2) is 25.6 Å². The molecule has 0 saturated heterocycles. The van der Waals surface area contributed by atoms with E-state index >= 15 is 0 Å². The smallest absolute Gasteiger partial charge is 0.251 e. The zero-order valence-corrected chi connectivity index (χ0v) is 14.7. The summed E-state index contributed by atoms with van der Waals surface area (Å²) in [7, 11) is 0. The van der Waals surface area contributed by atoms with Crippen LogP contribution in [0.4, 0.5) is 5.95 Å². The van der Waals surface area contributed by atoms with Crippen molar-refractivity contribution >= 4 is 5.95 Å². The van der Waals surface area contributed by atoms with Crippen LogP contribution in [0.5, 0.6) is 0 Å². The third-order valence-electron chi connectivity index (χ3n) is 4.75. The lowest BCUT2D eigenvalue weighted by Crippen LogP contribution is -2.33. The Morgan fingerprint density at radius 2 is 2.00 bits per heavy atom. The van der Waals surface area contributed by atoms with E-state index in [1.54, 1.807) is 24.5 Å². The molecule has 6 heteroatoms. The molecule has 3 aromatic heterocycles. The summed E-state index contributed by atoms with van der Waals surface area (Å²) in [4.78, 5) is 25.5. The zero-order chi connectivity index (χ0) is 17.9. The van der Waals surface area contributed by atoms with Gasteiger partial charge in [-0.05, 0) is 49.9 Å². The van der Waals surface area contributed by atoms with Crippen molar-refractivity contribution in [3.05, 3.63) is 81.8 Å². The molecule has 4 rings (SSSR count). The van der Waals surface area contributed by atoms with Crippen molar-refractivity contribution in [2.75, 3.05) is 5.32 Å². The third kappa shape index (κ3) is 3.49. The highest BCUT2D eigenvalue weighted by atomic mass is 16.1. The summed E-state index contributed by atoms with van der Waals surface area (Å²) in [6.07, 6.45) is 6.12. The fourth-order valence-corrected chi connectivity index (χ4v) is 3.53. The van der Waals surface area contributed by atoms with Crippen LogP contribution in [0.3, 0.4) is 0 Å². The van der Waals surface area contributed by atoms with E-state index in [0.717, 1.165) is 36.3 Å². The second-order valence-corrected chi connectivity index (χ2v) is 6.66. The molecular formula is C20H21N5O. The number of nitrogens with one attached hydrogen (secondary N) is 1. The minimum atomic E-state index is 0.0323. The highest BCUT2D eigenvalue weighted by Gasteiger charge is 2.22. The fraction of sp³-hybridized carbons (Fsp3) is 0.300. The molecular weight excluding hydrogens is 326 g/mol. The minimum Gasteiger partial charge on any atom is -0.351 e. The van der Waals surface area contributed by atoms with Gasteiger partial charge in [0.05, 0.1) is 12.2 Å². The maximum absolute atomic E-state index is 12.5. The van der Waals surface area contributed by atoms with Gasteiger partial charge < -0.3 is 9.88 Å². The second kappa shape index (κ2) is 7.07. The van der Waals surface area contributed by atoms with Gasteiger partial charge in [0.25, 0.3) is 5.56 Å². The number of aromatic nitrogens is 4. The predicted octanol–water partition coefficient (Wildman–Crippen LogP) is 2.36. The molecule has 1 unspecified atom stereocenters. The van der Waals surface area contributed by atoms with E-state index in [1.807, 2.05) is 35.8 Å². The molecule has 1 atom stereocenters. The lowest BCUT2D eigenvalue weighted by Gasteiger charge is -2.27. The second-order valence-electron chi connectivity index (χ2n) is 6.66. The van der Waals surface area contributed by atoms with Gasteiger partial charge in [0, 0.05) is 35.9 Å². The number of aryl methyl sites for hydroxylation is 1. The Balaban J connectivity index is 1.58. The Hall–Kier alpha value is -3.02. The monoisotopic (exact) mass is 347 g/mol. The van der Waals surface area contributed by atoms with Crippen molar-refractivity contribution in [1.29, 1.82) is 0 Å². The van der Waals surface area contributed by atoms with E-state index in [2.05, 4.69) is 20.3 Å². The minimum absolute atomic E-state index is 0.0323. The number of anilines is 1. The highest BCUT2D eigenvalue weighted by molar-refractivity contribution is 5.32. The molecule has 1 aliphatic carbocycles. The van der Waals surface area contributed by atoms with Crippen LogP contribution in [0.25, 0.3) is 0 Å². The van der Waals surface area contributed by atoms with E-state index in [4.69, 9.17) is 0 Å². The van der Waals surface area contributed by atoms with Crippen LogP contribution < -0.4 is 10.9 Å². The average Bonchev–Trinajstić information content (AvgIpc) is 2.65. The molecule has 26 heavy (non-hydrogen) atoms. The van der Waals surface area contributed by atoms with E-state index in [-0.39, 0.29) is 11.6 Å². The fourth-order valence-electron chi connectivity index (χ4n) is 3.53. The summed E-state index contributed by atoms with van der Waals surface area (Å²) in [5.41, 5.74) is 4.24. The molecule has 0 amide bonds. The molecule has 6 nitrogen and oxygen atoms in total. The lowest BCUT2D eigenvalue weighted by molar-refractivity contribution is 0.555. The average molecular weight is 347 g/mol. The van der Waals surface area contributed by atoms with Crippen molar-refractivity contribution in [3.8, 4) is 0 Å². The van der Waals surface area contributed by atoms with Crippen molar-refractivity contribution in [1.82, 2.24) is 19.5 Å². The summed E-state index contributed by atoms with van der Waals surface area (Å²) >= 11 is 0. The van der Waals surface area contributed by atoms with Gasteiger partial charge in [-0.1, -0.05) is 12.1 Å². The van der Waals surface area contributed by atoms with E-state index in [1.165, 1.54) is 5.56 Å². The number of nitrogens with zero attached hydrogens (tertiary/aromatic N) is 4. The van der Waals surface area contributed by atoms with E-state index in [9.17, 15) is 4.79 Å². The summed E-state index contributed by atoms with van der Waals surface area (Å²) in [5, 5.41) is 3.39. The first-order valence-corrected chi connectivity index (χ1v) is 8.87. The first kappa shape index (κ1) is 16.4. The Labute approximate surface area is 152 Å². The van der Waals surface area contributed by atoms with Gasteiger partial charge in [0.2, 0.25) is 5.95 Å². The molecule has 0 aliphatic heterocycles. The molecule has 0 radical (unpaired) electrons. The molecule has 0 bridgehead atoms. The SMILES string of the molecule is Cc1cccc(Cn2c3c(ccc2=O)CC(Nc2ncccn2)CC3)n1. The van der Waals surface area contributed by atoms with Crippen LogP contribution in [0.1, 0.15) is 29.1 Å². The van der Waals surface area contributed by atoms with Gasteiger partial charge in [0.1, 0.15) is 0 Å². The van der Waals surface area contributed by atoms with Gasteiger partial charge in [-0.2, -0.15) is 0 Å². The topological polar surface area (TPSA) is 72.7 Å². The van der Waals surface area contributed by atoms with Crippen molar-refractivity contribution in [2.45, 2.75) is 38.8 Å². The maximum atomic E-state index is 12.5. The standard InChI is InChI=1S/C20H21N5O/c1-14-4-2-5-17(23-14)13-25-18-8-7-16(12-15(18)6-9-19(25)26)24-20-21-10-3-11-22-20/h2-6,9-11,16H,7-8,12-13H2,1H3,(H,21,22,24). The van der Waals surface area contributed by atoms with Crippen LogP contribution in [0, 0.1) is 6.92 Å². The normalized spacial score (nSPS) is 16.1. The molecule has 0 saturated carbocycles. The maximum Gasteiger partial charge on any atom is 0.251 e. The van der Waals surface area contributed by atoms with Crippen molar-refractivity contribution in [3.63, 3.8) is 0 Å². The summed E-state index contributed by atoms with van der Waals surface area (Å²) in [6, 6.07) is 11.6. The molecule has 3 aromatic rings. The van der Waals surface area contributed by atoms with Gasteiger partial charge in [-0.25, -0.2) is 9.97 Å². The molecule has 3 heterocycles. The quantitative estimate of drug-likeness (QED) is 0.784. The Morgan fingerprint density at radius 1 is 1.15 bits per heavy atom. The number of fused-ring (bicyclic) bond motifs is 1. The van der Waals surface area contributed by atoms with Crippen LogP contribution in [0.2, 0.25) is 0 Å². The van der Waals surface area contributed by atoms with Crippen LogP contribution in [0.15, 0.2) is 53.6 Å². The van der Waals surface area contributed by atoms with Gasteiger partial charge >= 0.3 is 0 Å². The number of rotatable bonds is 4. The van der Waals surface area contributed by atoms with Crippen molar-refractivity contribution < 1.29 is 0 Å². The number of pyridine rings is 2. The van der Waals surface area contributed by atoms with Crippen LogP contribution in [-0.2, 0) is 19.4 Å². The van der Waals surface area contributed by atoms with Gasteiger partial charge in [-0.3, -0.25) is 9.78 Å². The first-order valence-electron chi connectivity index (χ1n) is 8.87. The highest BCUT2D eigenvalue weighted by Crippen LogP contribution is 2.22. The molecule has 0 fully saturated rings. The summed E-state index contributed by atoms with van der Waals surface area (Å²) in [5.74, 6) is 0.651. The van der Waals surface area contributed by atoms with Gasteiger partial charge in [0.15, 0.2) is 0 Å². The molecule has 1 N–H and O–H groups in total. The first-order chi connectivity index (χ1) is 12.7. The number of hydrogen-bond donors (Lipinski definition) is 1. The predicted molar refractivity (Wildman–Crippen MR) is 100 cm³/mol. The van der Waals surface area contributed by atoms with Gasteiger partial charge in [-0.15, -0.1) is 0 Å². The molecule has 0 aromatic carbocycles. The Morgan fingerprint density at radius 3 is 2.81 bits per heavy atom. The zero-order valence-electron chi connectivity index (χ0n) is 14.7. The molecule has 0 spiro atoms. The lowest BCUT2D eigenvalue weighted by atomic mass is 9.91. The Bertz CT molecular complexity index is 967. The molecule has 1 aliphatic rings. The third-order valence-corrected chi connectivity index (χ3v) is 4.75. The largest absolute Gasteiger partial charge is 0.351 e. The van der Waals surface area contributed by atoms with E-state index in [0.29, 0.717) is 12.5 Å². The Kier molecular flexibility index (Phi) is 4.48. The summed E-state index contributed by atoms with van der Waals surface area (Å²) < 4.78 is 1.87. The van der Waals surface area contributed by atoms with E-state index < -0.39 is 0 Å². The number of hydrogen-bond acceptors (Lipinski definition) is 5. The van der Waals surface area contributed by atoms with Crippen molar-refractivity contribution in [2.24, 2.45) is 0 Å².